The van der Waals surface area contributed by atoms with E-state index < -0.39 is 17.4 Å². The van der Waals surface area contributed by atoms with Crippen LogP contribution in [0.4, 0.5) is 13.2 Å². The van der Waals surface area contributed by atoms with E-state index in [4.69, 9.17) is 16.9 Å². The maximum atomic E-state index is 12.4. The van der Waals surface area contributed by atoms with Gasteiger partial charge in [-0.3, -0.25) is 4.68 Å². The summed E-state index contributed by atoms with van der Waals surface area (Å²) in [5.74, 6) is 0. The second-order valence-electron chi connectivity index (χ2n) is 2.85. The van der Waals surface area contributed by atoms with Crippen molar-refractivity contribution in [3.63, 3.8) is 0 Å². The van der Waals surface area contributed by atoms with Gasteiger partial charge in [-0.05, 0) is 6.42 Å². The molecule has 0 aliphatic heterocycles. The molecule has 1 heterocycles. The van der Waals surface area contributed by atoms with Crippen LogP contribution in [0.3, 0.4) is 0 Å². The SMILES string of the molecule is CCCn1nc(C(F)(F)F)c(C#N)c1Cl. The van der Waals surface area contributed by atoms with E-state index in [2.05, 4.69) is 5.10 Å². The van der Waals surface area contributed by atoms with Crippen LogP contribution in [-0.2, 0) is 12.7 Å². The fraction of sp³-hybridized carbons (Fsp3) is 0.500. The van der Waals surface area contributed by atoms with Crippen molar-refractivity contribution in [3.8, 4) is 6.07 Å². The smallest absolute Gasteiger partial charge is 0.252 e. The number of aryl methyl sites for hydroxylation is 1. The van der Waals surface area contributed by atoms with E-state index in [1.807, 2.05) is 0 Å². The fourth-order valence-electron chi connectivity index (χ4n) is 1.10. The summed E-state index contributed by atoms with van der Waals surface area (Å²) in [6.07, 6.45) is -4.06. The lowest BCUT2D eigenvalue weighted by Crippen LogP contribution is -2.09. The van der Waals surface area contributed by atoms with Gasteiger partial charge in [0.2, 0.25) is 0 Å². The summed E-state index contributed by atoms with van der Waals surface area (Å²) in [6.45, 7) is 2.03. The molecule has 0 saturated heterocycles. The van der Waals surface area contributed by atoms with Crippen LogP contribution in [0.5, 0.6) is 0 Å². The third-order valence-electron chi connectivity index (χ3n) is 1.71. The van der Waals surface area contributed by atoms with Gasteiger partial charge >= 0.3 is 6.18 Å². The second-order valence-corrected chi connectivity index (χ2v) is 3.21. The molecule has 0 amide bonds. The molecule has 0 fully saturated rings. The molecular weight excluding hydrogens is 231 g/mol. The topological polar surface area (TPSA) is 41.6 Å². The Labute approximate surface area is 89.1 Å². The van der Waals surface area contributed by atoms with Crippen molar-refractivity contribution in [2.24, 2.45) is 0 Å². The maximum absolute atomic E-state index is 12.4. The number of nitrogens with zero attached hydrogens (tertiary/aromatic N) is 3. The Bertz CT molecular complexity index is 402. The van der Waals surface area contributed by atoms with Crippen molar-refractivity contribution in [2.45, 2.75) is 26.1 Å². The number of nitriles is 1. The molecule has 0 aliphatic carbocycles. The highest BCUT2D eigenvalue weighted by molar-refractivity contribution is 6.30. The van der Waals surface area contributed by atoms with E-state index in [9.17, 15) is 13.2 Å². The summed E-state index contributed by atoms with van der Waals surface area (Å²) in [5, 5.41) is 11.6. The van der Waals surface area contributed by atoms with Crippen LogP contribution in [0.25, 0.3) is 0 Å². The minimum absolute atomic E-state index is 0.254. The highest BCUT2D eigenvalue weighted by atomic mass is 35.5. The second kappa shape index (κ2) is 4.11. The van der Waals surface area contributed by atoms with Crippen molar-refractivity contribution in [3.05, 3.63) is 16.4 Å². The van der Waals surface area contributed by atoms with Crippen LogP contribution in [0, 0.1) is 11.3 Å². The van der Waals surface area contributed by atoms with E-state index in [-0.39, 0.29) is 11.7 Å². The monoisotopic (exact) mass is 237 g/mol. The normalized spacial score (nSPS) is 11.5. The Morgan fingerprint density at radius 2 is 2.13 bits per heavy atom. The molecule has 0 N–H and O–H groups in total. The average molecular weight is 238 g/mol. The number of aromatic nitrogens is 2. The molecule has 1 rings (SSSR count). The van der Waals surface area contributed by atoms with Crippen molar-refractivity contribution in [1.82, 2.24) is 9.78 Å². The average Bonchev–Trinajstić information content (AvgIpc) is 2.44. The Kier molecular flexibility index (Phi) is 3.25. The van der Waals surface area contributed by atoms with Gasteiger partial charge in [-0.1, -0.05) is 18.5 Å². The molecule has 1 aromatic rings. The Morgan fingerprint density at radius 3 is 2.47 bits per heavy atom. The standard InChI is InChI=1S/C8H7ClF3N3/c1-2-3-15-7(9)5(4-13)6(14-15)8(10,11)12/h2-3H2,1H3. The molecule has 0 spiro atoms. The summed E-state index contributed by atoms with van der Waals surface area (Å²) in [7, 11) is 0. The van der Waals surface area contributed by atoms with Gasteiger partial charge in [-0.2, -0.15) is 23.5 Å². The summed E-state index contributed by atoms with van der Waals surface area (Å²) in [5.41, 5.74) is -1.83. The molecule has 0 bridgehead atoms. The molecule has 0 unspecified atom stereocenters. The summed E-state index contributed by atoms with van der Waals surface area (Å²) in [4.78, 5) is 0. The summed E-state index contributed by atoms with van der Waals surface area (Å²) < 4.78 is 38.1. The predicted octanol–water partition coefficient (Wildman–Crippen LogP) is 2.84. The van der Waals surface area contributed by atoms with Crippen molar-refractivity contribution >= 4 is 11.6 Å². The molecule has 3 nitrogen and oxygen atoms in total. The number of hydrogen-bond acceptors (Lipinski definition) is 2. The molecule has 15 heavy (non-hydrogen) atoms. The minimum Gasteiger partial charge on any atom is -0.252 e. The molecule has 7 heteroatoms. The van der Waals surface area contributed by atoms with Crippen LogP contribution in [0.2, 0.25) is 5.15 Å². The first-order valence-corrected chi connectivity index (χ1v) is 4.53. The molecule has 0 atom stereocenters. The first-order valence-electron chi connectivity index (χ1n) is 4.15. The number of halogens is 4. The zero-order valence-corrected chi connectivity index (χ0v) is 8.52. The third kappa shape index (κ3) is 2.23. The van der Waals surface area contributed by atoms with Crippen molar-refractivity contribution in [1.29, 1.82) is 5.26 Å². The minimum atomic E-state index is -4.65. The molecule has 0 saturated carbocycles. The van der Waals surface area contributed by atoms with Crippen molar-refractivity contribution in [2.75, 3.05) is 0 Å². The lowest BCUT2D eigenvalue weighted by molar-refractivity contribution is -0.141. The Morgan fingerprint density at radius 1 is 1.53 bits per heavy atom. The van der Waals surface area contributed by atoms with Crippen LogP contribution < -0.4 is 0 Å². The van der Waals surface area contributed by atoms with Gasteiger partial charge < -0.3 is 0 Å². The van der Waals surface area contributed by atoms with E-state index in [0.717, 1.165) is 4.68 Å². The van der Waals surface area contributed by atoms with Gasteiger partial charge in [0.25, 0.3) is 0 Å². The van der Waals surface area contributed by atoms with Crippen LogP contribution in [-0.4, -0.2) is 9.78 Å². The van der Waals surface area contributed by atoms with Crippen LogP contribution >= 0.6 is 11.6 Å². The maximum Gasteiger partial charge on any atom is 0.436 e. The zero-order chi connectivity index (χ0) is 11.6. The van der Waals surface area contributed by atoms with Gasteiger partial charge in [0.15, 0.2) is 5.69 Å². The van der Waals surface area contributed by atoms with Gasteiger partial charge in [0, 0.05) is 6.54 Å². The van der Waals surface area contributed by atoms with E-state index in [1.165, 1.54) is 6.07 Å². The molecule has 0 radical (unpaired) electrons. The fourth-order valence-corrected chi connectivity index (χ4v) is 1.35. The first kappa shape index (κ1) is 11.9. The summed E-state index contributed by atoms with van der Waals surface area (Å²) >= 11 is 5.59. The van der Waals surface area contributed by atoms with Crippen LogP contribution in [0.1, 0.15) is 24.6 Å². The van der Waals surface area contributed by atoms with Crippen molar-refractivity contribution < 1.29 is 13.2 Å². The largest absolute Gasteiger partial charge is 0.436 e. The number of alkyl halides is 3. The zero-order valence-electron chi connectivity index (χ0n) is 7.77. The van der Waals surface area contributed by atoms with Gasteiger partial charge in [0.1, 0.15) is 16.8 Å². The number of hydrogen-bond donors (Lipinski definition) is 0. The lowest BCUT2D eigenvalue weighted by Gasteiger charge is -2.01. The molecule has 82 valence electrons. The van der Waals surface area contributed by atoms with E-state index in [0.29, 0.717) is 6.42 Å². The molecule has 0 aromatic carbocycles. The number of rotatable bonds is 2. The molecule has 0 aliphatic rings. The first-order chi connectivity index (χ1) is 6.91. The van der Waals surface area contributed by atoms with Gasteiger partial charge in [-0.25, -0.2) is 0 Å². The Hall–Kier alpha value is -1.22. The van der Waals surface area contributed by atoms with Crippen LogP contribution in [0.15, 0.2) is 0 Å². The molecule has 1 aromatic heterocycles. The van der Waals surface area contributed by atoms with Gasteiger partial charge in [0.05, 0.1) is 0 Å². The molecular formula is C8H7ClF3N3. The van der Waals surface area contributed by atoms with E-state index in [1.54, 1.807) is 6.92 Å². The van der Waals surface area contributed by atoms with E-state index >= 15 is 0 Å². The lowest BCUT2D eigenvalue weighted by atomic mass is 10.2. The Balaban J connectivity index is 3.30. The highest BCUT2D eigenvalue weighted by Crippen LogP contribution is 2.33. The quantitative estimate of drug-likeness (QED) is 0.794. The predicted molar refractivity (Wildman–Crippen MR) is 47.2 cm³/mol. The highest BCUT2D eigenvalue weighted by Gasteiger charge is 2.39. The van der Waals surface area contributed by atoms with Gasteiger partial charge in [-0.15, -0.1) is 0 Å². The summed E-state index contributed by atoms with van der Waals surface area (Å²) in [6, 6.07) is 1.41. The third-order valence-corrected chi connectivity index (χ3v) is 2.09.